The topological polar surface area (TPSA) is 107 Å². The van der Waals surface area contributed by atoms with Crippen LogP contribution in [0.4, 0.5) is 0 Å². The highest BCUT2D eigenvalue weighted by atomic mass is 32.2. The largest absolute Gasteiger partial charge is 0.409 e. The molecular formula is C12H13N7OS. The summed E-state index contributed by atoms with van der Waals surface area (Å²) in [4.78, 5) is 0. The molecule has 0 radical (unpaired) electrons. The van der Waals surface area contributed by atoms with Gasteiger partial charge in [0.05, 0.1) is 11.3 Å². The van der Waals surface area contributed by atoms with E-state index in [1.807, 2.05) is 28.8 Å². The van der Waals surface area contributed by atoms with Crippen LogP contribution in [0.15, 0.2) is 39.7 Å². The van der Waals surface area contributed by atoms with Gasteiger partial charge in [0.1, 0.15) is 5.03 Å². The van der Waals surface area contributed by atoms with Crippen molar-refractivity contribution in [2.75, 3.05) is 0 Å². The molecule has 0 aliphatic carbocycles. The van der Waals surface area contributed by atoms with Gasteiger partial charge in [0, 0.05) is 13.2 Å². The lowest BCUT2D eigenvalue weighted by atomic mass is 10.2. The van der Waals surface area contributed by atoms with Crippen LogP contribution in [0.5, 0.6) is 0 Å². The predicted octanol–water partition coefficient (Wildman–Crippen LogP) is 1.02. The van der Waals surface area contributed by atoms with Crippen LogP contribution < -0.4 is 5.73 Å². The van der Waals surface area contributed by atoms with Crippen LogP contribution in [0, 0.1) is 6.92 Å². The van der Waals surface area contributed by atoms with Crippen molar-refractivity contribution in [2.24, 2.45) is 17.9 Å². The molecule has 9 heteroatoms. The molecule has 0 atom stereocenters. The number of oxime groups is 1. The molecule has 0 fully saturated rings. The zero-order chi connectivity index (χ0) is 15.0. The second-order valence-corrected chi connectivity index (χ2v) is 5.34. The standard InChI is InChI=1S/C12H13N7OS/c1-7-9(10(13)17-20)11(18(2)16-7)21-12-15-14-8-5-3-4-6-19(8)12/h3-6,20H,1-2H3,(H2,13,17). The molecule has 3 aromatic heterocycles. The summed E-state index contributed by atoms with van der Waals surface area (Å²) in [6.07, 6.45) is 1.88. The fourth-order valence-corrected chi connectivity index (χ4v) is 3.11. The third-order valence-corrected chi connectivity index (χ3v) is 4.13. The van der Waals surface area contributed by atoms with E-state index in [-0.39, 0.29) is 5.84 Å². The van der Waals surface area contributed by atoms with E-state index >= 15 is 0 Å². The number of amidine groups is 1. The highest BCUT2D eigenvalue weighted by molar-refractivity contribution is 7.99. The van der Waals surface area contributed by atoms with Crippen molar-refractivity contribution < 1.29 is 5.21 Å². The molecule has 3 heterocycles. The van der Waals surface area contributed by atoms with Gasteiger partial charge in [-0.15, -0.1) is 10.2 Å². The average molecular weight is 303 g/mol. The molecule has 3 aromatic rings. The molecule has 0 saturated carbocycles. The lowest BCUT2D eigenvalue weighted by molar-refractivity contribution is 0.318. The highest BCUT2D eigenvalue weighted by Gasteiger charge is 2.20. The van der Waals surface area contributed by atoms with Gasteiger partial charge in [-0.2, -0.15) is 5.10 Å². The Hall–Kier alpha value is -2.55. The molecule has 8 nitrogen and oxygen atoms in total. The Balaban J connectivity index is 2.10. The van der Waals surface area contributed by atoms with E-state index in [0.717, 1.165) is 10.7 Å². The molecule has 3 rings (SSSR count). The van der Waals surface area contributed by atoms with Crippen molar-refractivity contribution in [3.8, 4) is 0 Å². The summed E-state index contributed by atoms with van der Waals surface area (Å²) in [5.74, 6) is 0.0249. The minimum atomic E-state index is 0.0249. The van der Waals surface area contributed by atoms with Crippen LogP contribution >= 0.6 is 11.8 Å². The minimum absolute atomic E-state index is 0.0249. The Morgan fingerprint density at radius 3 is 2.95 bits per heavy atom. The van der Waals surface area contributed by atoms with E-state index in [9.17, 15) is 0 Å². The van der Waals surface area contributed by atoms with Gasteiger partial charge in [-0.25, -0.2) is 0 Å². The monoisotopic (exact) mass is 303 g/mol. The first kappa shape index (κ1) is 13.4. The maximum atomic E-state index is 8.93. The second-order valence-electron chi connectivity index (χ2n) is 4.39. The van der Waals surface area contributed by atoms with E-state index in [1.54, 1.807) is 18.7 Å². The summed E-state index contributed by atoms with van der Waals surface area (Å²) in [7, 11) is 1.80. The van der Waals surface area contributed by atoms with E-state index in [2.05, 4.69) is 20.5 Å². The summed E-state index contributed by atoms with van der Waals surface area (Å²) in [6, 6.07) is 5.67. The molecule has 0 spiro atoms. The summed E-state index contributed by atoms with van der Waals surface area (Å²) >= 11 is 1.36. The minimum Gasteiger partial charge on any atom is -0.409 e. The quantitative estimate of drug-likeness (QED) is 0.324. The maximum absolute atomic E-state index is 8.93. The molecule has 3 N–H and O–H groups in total. The first-order valence-electron chi connectivity index (χ1n) is 6.11. The van der Waals surface area contributed by atoms with Crippen LogP contribution in [-0.4, -0.2) is 35.4 Å². The fraction of sp³-hybridized carbons (Fsp3) is 0.167. The first-order chi connectivity index (χ1) is 10.1. The highest BCUT2D eigenvalue weighted by Crippen LogP contribution is 2.30. The number of nitrogens with zero attached hydrogens (tertiary/aromatic N) is 6. The molecule has 0 amide bonds. The Morgan fingerprint density at radius 1 is 1.38 bits per heavy atom. The van der Waals surface area contributed by atoms with Crippen molar-refractivity contribution in [1.82, 2.24) is 24.4 Å². The zero-order valence-corrected chi connectivity index (χ0v) is 12.2. The van der Waals surface area contributed by atoms with Crippen LogP contribution in [0.2, 0.25) is 0 Å². The zero-order valence-electron chi connectivity index (χ0n) is 11.4. The Kier molecular flexibility index (Phi) is 3.26. The van der Waals surface area contributed by atoms with Gasteiger partial charge in [-0.1, -0.05) is 11.2 Å². The Morgan fingerprint density at radius 2 is 2.19 bits per heavy atom. The Labute approximate surface area is 124 Å². The van der Waals surface area contributed by atoms with Crippen molar-refractivity contribution in [3.05, 3.63) is 35.7 Å². The van der Waals surface area contributed by atoms with E-state index in [1.165, 1.54) is 11.8 Å². The molecule has 0 aliphatic heterocycles. The molecule has 0 bridgehead atoms. The summed E-state index contributed by atoms with van der Waals surface area (Å²) in [5.41, 5.74) is 7.77. The van der Waals surface area contributed by atoms with Gasteiger partial charge in [0.15, 0.2) is 11.5 Å². The number of nitrogens with two attached hydrogens (primary N) is 1. The van der Waals surface area contributed by atoms with Crippen molar-refractivity contribution >= 4 is 23.2 Å². The first-order valence-corrected chi connectivity index (χ1v) is 6.92. The van der Waals surface area contributed by atoms with Crippen molar-refractivity contribution in [2.45, 2.75) is 17.1 Å². The average Bonchev–Trinajstić information content (AvgIpc) is 3.01. The van der Waals surface area contributed by atoms with Crippen LogP contribution in [-0.2, 0) is 7.05 Å². The van der Waals surface area contributed by atoms with Crippen LogP contribution in [0.3, 0.4) is 0 Å². The third-order valence-electron chi connectivity index (χ3n) is 3.00. The molecule has 0 unspecified atom stereocenters. The molecule has 0 aliphatic rings. The van der Waals surface area contributed by atoms with Crippen LogP contribution in [0.25, 0.3) is 5.65 Å². The lowest BCUT2D eigenvalue weighted by Crippen LogP contribution is -2.15. The summed E-state index contributed by atoms with van der Waals surface area (Å²) in [5, 5.41) is 26.0. The molecule has 108 valence electrons. The SMILES string of the molecule is Cc1nn(C)c(Sc2nnc3ccccn23)c1C(N)=NO. The smallest absolute Gasteiger partial charge is 0.201 e. The number of hydrogen-bond donors (Lipinski definition) is 2. The van der Waals surface area contributed by atoms with E-state index in [0.29, 0.717) is 16.4 Å². The number of hydrogen-bond acceptors (Lipinski definition) is 6. The molecule has 21 heavy (non-hydrogen) atoms. The molecule has 0 aromatic carbocycles. The summed E-state index contributed by atoms with van der Waals surface area (Å²) in [6.45, 7) is 1.80. The normalized spacial score (nSPS) is 12.2. The molecular weight excluding hydrogens is 290 g/mol. The van der Waals surface area contributed by atoms with Crippen molar-refractivity contribution in [3.63, 3.8) is 0 Å². The Bertz CT molecular complexity index is 835. The van der Waals surface area contributed by atoms with Gasteiger partial charge >= 0.3 is 0 Å². The number of aryl methyl sites for hydroxylation is 2. The second kappa shape index (κ2) is 5.09. The number of aromatic nitrogens is 5. The summed E-state index contributed by atoms with van der Waals surface area (Å²) < 4.78 is 3.54. The van der Waals surface area contributed by atoms with Crippen molar-refractivity contribution in [1.29, 1.82) is 0 Å². The number of pyridine rings is 1. The van der Waals surface area contributed by atoms with E-state index < -0.39 is 0 Å². The molecule has 0 saturated heterocycles. The van der Waals surface area contributed by atoms with Gasteiger partial charge in [0.2, 0.25) is 5.16 Å². The van der Waals surface area contributed by atoms with Gasteiger partial charge in [-0.05, 0) is 30.8 Å². The van der Waals surface area contributed by atoms with Gasteiger partial charge < -0.3 is 10.9 Å². The fourth-order valence-electron chi connectivity index (χ4n) is 2.07. The number of fused-ring (bicyclic) bond motifs is 1. The maximum Gasteiger partial charge on any atom is 0.201 e. The lowest BCUT2D eigenvalue weighted by Gasteiger charge is -2.04. The van der Waals surface area contributed by atoms with Gasteiger partial charge in [0.25, 0.3) is 0 Å². The third kappa shape index (κ3) is 2.21. The number of rotatable bonds is 3. The van der Waals surface area contributed by atoms with E-state index in [4.69, 9.17) is 10.9 Å². The van der Waals surface area contributed by atoms with Crippen LogP contribution in [0.1, 0.15) is 11.3 Å². The predicted molar refractivity (Wildman–Crippen MR) is 77.6 cm³/mol. The van der Waals surface area contributed by atoms with Gasteiger partial charge in [-0.3, -0.25) is 9.08 Å².